The van der Waals surface area contributed by atoms with Crippen molar-refractivity contribution in [1.82, 2.24) is 5.32 Å². The first kappa shape index (κ1) is 48.8. The second kappa shape index (κ2) is 39.0. The van der Waals surface area contributed by atoms with Gasteiger partial charge in [-0.15, -0.1) is 0 Å². The van der Waals surface area contributed by atoms with Gasteiger partial charge in [0.05, 0.1) is 18.8 Å². The Morgan fingerprint density at radius 1 is 0.480 bits per heavy atom. The van der Waals surface area contributed by atoms with E-state index >= 15 is 0 Å². The van der Waals surface area contributed by atoms with E-state index in [1.165, 1.54) is 154 Å². The van der Waals surface area contributed by atoms with E-state index < -0.39 is 36.9 Å². The molecule has 50 heavy (non-hydrogen) atoms. The number of aliphatic hydroxyl groups is 4. The van der Waals surface area contributed by atoms with Crippen LogP contribution in [0.5, 0.6) is 0 Å². The van der Waals surface area contributed by atoms with Gasteiger partial charge in [0.25, 0.3) is 0 Å². The lowest BCUT2D eigenvalue weighted by molar-refractivity contribution is -0.132. The number of amides is 1. The monoisotopic (exact) mass is 708 g/mol. The van der Waals surface area contributed by atoms with E-state index in [0.717, 1.165) is 38.5 Å². The Bertz CT molecular complexity index is 757. The first-order valence-electron chi connectivity index (χ1n) is 21.7. The van der Waals surface area contributed by atoms with Gasteiger partial charge in [0, 0.05) is 0 Å². The van der Waals surface area contributed by atoms with Crippen molar-refractivity contribution in [1.29, 1.82) is 0 Å². The van der Waals surface area contributed by atoms with Gasteiger partial charge in [-0.25, -0.2) is 0 Å². The summed E-state index contributed by atoms with van der Waals surface area (Å²) in [6, 6.07) is -0.999. The van der Waals surface area contributed by atoms with E-state index in [9.17, 15) is 25.2 Å². The lowest BCUT2D eigenvalue weighted by Gasteiger charge is -2.27. The van der Waals surface area contributed by atoms with Crippen molar-refractivity contribution in [3.8, 4) is 0 Å². The molecule has 0 aliphatic heterocycles. The van der Waals surface area contributed by atoms with Gasteiger partial charge in [0.15, 0.2) is 0 Å². The number of nitrogens with one attached hydrogen (secondary N) is 1. The molecule has 0 bridgehead atoms. The van der Waals surface area contributed by atoms with Gasteiger partial charge < -0.3 is 25.7 Å². The summed E-state index contributed by atoms with van der Waals surface area (Å²) in [4.78, 5) is 12.5. The number of rotatable bonds is 39. The predicted molar refractivity (Wildman–Crippen MR) is 214 cm³/mol. The van der Waals surface area contributed by atoms with Crippen LogP contribution in [0.3, 0.4) is 0 Å². The molecule has 0 saturated heterocycles. The summed E-state index contributed by atoms with van der Waals surface area (Å²) in [5.74, 6) is -0.597. The lowest BCUT2D eigenvalue weighted by atomic mass is 10.00. The number of aliphatic hydroxyl groups excluding tert-OH is 4. The molecule has 0 saturated carbocycles. The van der Waals surface area contributed by atoms with Gasteiger partial charge in [-0.3, -0.25) is 4.79 Å². The Balaban J connectivity index is 3.66. The summed E-state index contributed by atoms with van der Waals surface area (Å²) >= 11 is 0. The Morgan fingerprint density at radius 3 is 1.22 bits per heavy atom. The fourth-order valence-electron chi connectivity index (χ4n) is 6.63. The quantitative estimate of drug-likeness (QED) is 0.0323. The van der Waals surface area contributed by atoms with Gasteiger partial charge in [-0.05, 0) is 64.2 Å². The van der Waals surface area contributed by atoms with Crippen LogP contribution in [0, 0.1) is 0 Å². The number of unbranched alkanes of at least 4 members (excludes halogenated alkanes) is 26. The van der Waals surface area contributed by atoms with Crippen LogP contribution >= 0.6 is 0 Å². The van der Waals surface area contributed by atoms with Crippen LogP contribution < -0.4 is 5.32 Å². The van der Waals surface area contributed by atoms with Gasteiger partial charge in [-0.2, -0.15) is 0 Å². The average molecular weight is 708 g/mol. The van der Waals surface area contributed by atoms with Crippen molar-refractivity contribution in [2.75, 3.05) is 6.61 Å². The van der Waals surface area contributed by atoms with Crippen LogP contribution in [0.15, 0.2) is 24.3 Å². The summed E-state index contributed by atoms with van der Waals surface area (Å²) in [6.07, 6.45) is 43.8. The number of carbonyl (C=O) groups excluding carboxylic acids is 1. The Labute approximate surface area is 310 Å². The summed E-state index contributed by atoms with van der Waals surface area (Å²) in [5.41, 5.74) is 0. The molecule has 1 amide bonds. The molecule has 0 aromatic rings. The number of hydrogen-bond donors (Lipinski definition) is 5. The number of hydrogen-bond acceptors (Lipinski definition) is 5. The van der Waals surface area contributed by atoms with Crippen LogP contribution in [0.2, 0.25) is 0 Å². The minimum atomic E-state index is -1.28. The second-order valence-corrected chi connectivity index (χ2v) is 15.0. The fourth-order valence-corrected chi connectivity index (χ4v) is 6.63. The van der Waals surface area contributed by atoms with Gasteiger partial charge in [0.1, 0.15) is 12.2 Å². The average Bonchev–Trinajstić information content (AvgIpc) is 3.12. The van der Waals surface area contributed by atoms with Crippen molar-refractivity contribution in [3.05, 3.63) is 24.3 Å². The maximum absolute atomic E-state index is 12.5. The zero-order chi connectivity index (χ0) is 36.8. The number of carbonyl (C=O) groups is 1. The lowest BCUT2D eigenvalue weighted by Crippen LogP contribution is -2.53. The normalized spacial score (nSPS) is 14.4. The zero-order valence-electron chi connectivity index (χ0n) is 33.2. The van der Waals surface area contributed by atoms with Crippen molar-refractivity contribution in [2.24, 2.45) is 0 Å². The third-order valence-electron chi connectivity index (χ3n) is 10.1. The number of allylic oxidation sites excluding steroid dienone is 4. The molecule has 0 aromatic heterocycles. The molecule has 4 atom stereocenters. The van der Waals surface area contributed by atoms with Crippen molar-refractivity contribution in [2.45, 2.75) is 244 Å². The SMILES string of the molecule is CCCCCC/C=C/CCCC(O)C(O)C(CO)NC(=O)C(O)CCCCCCCCCCC/C=C\CCCCCCCCCCCCCC. The summed E-state index contributed by atoms with van der Waals surface area (Å²) < 4.78 is 0. The van der Waals surface area contributed by atoms with Crippen molar-refractivity contribution in [3.63, 3.8) is 0 Å². The molecule has 0 fully saturated rings. The third-order valence-corrected chi connectivity index (χ3v) is 10.1. The highest BCUT2D eigenvalue weighted by Gasteiger charge is 2.28. The molecule has 0 rings (SSSR count). The molecule has 4 unspecified atom stereocenters. The van der Waals surface area contributed by atoms with E-state index in [-0.39, 0.29) is 0 Å². The van der Waals surface area contributed by atoms with Crippen molar-refractivity contribution < 1.29 is 25.2 Å². The standard InChI is InChI=1S/C44H85NO5/c1-3-5-7-9-11-13-14-15-16-17-18-19-20-21-22-23-24-25-26-27-28-30-32-34-36-38-42(48)44(50)45-40(39-46)43(49)41(47)37-35-33-31-29-12-10-8-6-4-2/h21-22,29,31,40-43,46-49H,3-20,23-28,30,32-39H2,1-2H3,(H,45,50)/b22-21-,31-29+. The minimum Gasteiger partial charge on any atom is -0.394 e. The first-order chi connectivity index (χ1) is 24.5. The Morgan fingerprint density at radius 2 is 0.820 bits per heavy atom. The molecule has 0 heterocycles. The topological polar surface area (TPSA) is 110 Å². The molecule has 0 radical (unpaired) electrons. The molecule has 0 aromatic carbocycles. The van der Waals surface area contributed by atoms with Crippen LogP contribution in [0.4, 0.5) is 0 Å². The smallest absolute Gasteiger partial charge is 0.249 e. The van der Waals surface area contributed by atoms with Gasteiger partial charge in [0.2, 0.25) is 5.91 Å². The van der Waals surface area contributed by atoms with Crippen LogP contribution in [0.25, 0.3) is 0 Å². The molecule has 5 N–H and O–H groups in total. The van der Waals surface area contributed by atoms with Crippen molar-refractivity contribution >= 4 is 5.91 Å². The largest absolute Gasteiger partial charge is 0.394 e. The van der Waals surface area contributed by atoms with E-state index in [0.29, 0.717) is 12.8 Å². The van der Waals surface area contributed by atoms with E-state index in [2.05, 4.69) is 43.5 Å². The summed E-state index contributed by atoms with van der Waals surface area (Å²) in [6.45, 7) is 3.99. The molecule has 6 nitrogen and oxygen atoms in total. The Kier molecular flexibility index (Phi) is 38.1. The summed E-state index contributed by atoms with van der Waals surface area (Å²) in [5, 5.41) is 43.4. The second-order valence-electron chi connectivity index (χ2n) is 15.0. The highest BCUT2D eigenvalue weighted by atomic mass is 16.3. The molecular weight excluding hydrogens is 622 g/mol. The molecular formula is C44H85NO5. The van der Waals surface area contributed by atoms with Crippen LogP contribution in [-0.2, 0) is 4.79 Å². The molecule has 0 aliphatic carbocycles. The first-order valence-corrected chi connectivity index (χ1v) is 21.7. The summed E-state index contributed by atoms with van der Waals surface area (Å²) in [7, 11) is 0. The van der Waals surface area contributed by atoms with E-state index in [1.54, 1.807) is 0 Å². The third kappa shape index (κ3) is 32.7. The molecule has 0 spiro atoms. The maximum atomic E-state index is 12.5. The Hall–Kier alpha value is -1.21. The van der Waals surface area contributed by atoms with E-state index in [4.69, 9.17) is 0 Å². The predicted octanol–water partition coefficient (Wildman–Crippen LogP) is 11.2. The fraction of sp³-hybridized carbons (Fsp3) is 0.886. The zero-order valence-corrected chi connectivity index (χ0v) is 33.2. The molecule has 0 aliphatic rings. The van der Waals surface area contributed by atoms with E-state index in [1.807, 2.05) is 0 Å². The van der Waals surface area contributed by atoms with Crippen LogP contribution in [0.1, 0.15) is 219 Å². The minimum absolute atomic E-state index is 0.361. The highest BCUT2D eigenvalue weighted by Crippen LogP contribution is 2.15. The van der Waals surface area contributed by atoms with Gasteiger partial charge in [-0.1, -0.05) is 179 Å². The maximum Gasteiger partial charge on any atom is 0.249 e. The van der Waals surface area contributed by atoms with Crippen LogP contribution in [-0.4, -0.2) is 57.3 Å². The van der Waals surface area contributed by atoms with Gasteiger partial charge >= 0.3 is 0 Å². The molecule has 6 heteroatoms. The highest BCUT2D eigenvalue weighted by molar-refractivity contribution is 5.80. The molecule has 296 valence electrons.